The summed E-state index contributed by atoms with van der Waals surface area (Å²) in [5.41, 5.74) is 0.361. The lowest BCUT2D eigenvalue weighted by molar-refractivity contribution is -0.286. The van der Waals surface area contributed by atoms with Gasteiger partial charge in [0.1, 0.15) is 0 Å². The SMILES string of the molecule is O=C(c1ccc2c(c1)OC(F)(F)O2)C1CCCCN1. The van der Waals surface area contributed by atoms with Crippen LogP contribution in [-0.4, -0.2) is 24.7 Å². The molecule has 1 atom stereocenters. The highest BCUT2D eigenvalue weighted by atomic mass is 19.3. The Morgan fingerprint density at radius 2 is 2.05 bits per heavy atom. The highest BCUT2D eigenvalue weighted by Crippen LogP contribution is 2.41. The molecule has 0 radical (unpaired) electrons. The van der Waals surface area contributed by atoms with E-state index in [4.69, 9.17) is 0 Å². The Morgan fingerprint density at radius 1 is 1.26 bits per heavy atom. The molecule has 0 saturated carbocycles. The molecule has 0 bridgehead atoms. The van der Waals surface area contributed by atoms with Crippen LogP contribution in [0.5, 0.6) is 11.5 Å². The molecule has 19 heavy (non-hydrogen) atoms. The van der Waals surface area contributed by atoms with Crippen molar-refractivity contribution in [2.45, 2.75) is 31.6 Å². The molecule has 0 aliphatic carbocycles. The molecular weight excluding hydrogens is 256 g/mol. The fraction of sp³-hybridized carbons (Fsp3) is 0.462. The molecule has 2 aliphatic rings. The second-order valence-corrected chi connectivity index (χ2v) is 4.70. The molecule has 1 N–H and O–H groups in total. The van der Waals surface area contributed by atoms with Gasteiger partial charge in [-0.1, -0.05) is 6.42 Å². The van der Waals surface area contributed by atoms with Crippen LogP contribution in [-0.2, 0) is 0 Å². The van der Waals surface area contributed by atoms with Crippen LogP contribution in [0, 0.1) is 0 Å². The summed E-state index contributed by atoms with van der Waals surface area (Å²) in [5, 5.41) is 3.13. The first-order valence-electron chi connectivity index (χ1n) is 6.23. The lowest BCUT2D eigenvalue weighted by Gasteiger charge is -2.22. The average molecular weight is 269 g/mol. The van der Waals surface area contributed by atoms with Gasteiger partial charge < -0.3 is 14.8 Å². The van der Waals surface area contributed by atoms with Gasteiger partial charge in [0.2, 0.25) is 0 Å². The maximum Gasteiger partial charge on any atom is 0.586 e. The molecule has 1 fully saturated rings. The van der Waals surface area contributed by atoms with Crippen molar-refractivity contribution in [3.8, 4) is 11.5 Å². The van der Waals surface area contributed by atoms with Crippen LogP contribution in [0.25, 0.3) is 0 Å². The van der Waals surface area contributed by atoms with E-state index in [2.05, 4.69) is 14.8 Å². The zero-order chi connectivity index (χ0) is 13.5. The van der Waals surface area contributed by atoms with Crippen LogP contribution in [0.2, 0.25) is 0 Å². The molecule has 0 spiro atoms. The van der Waals surface area contributed by atoms with Crippen molar-refractivity contribution in [1.29, 1.82) is 0 Å². The van der Waals surface area contributed by atoms with E-state index >= 15 is 0 Å². The lowest BCUT2D eigenvalue weighted by atomic mass is 9.96. The smallest absolute Gasteiger partial charge is 0.395 e. The molecule has 1 saturated heterocycles. The van der Waals surface area contributed by atoms with E-state index in [1.165, 1.54) is 18.2 Å². The van der Waals surface area contributed by atoms with E-state index in [1.54, 1.807) is 0 Å². The molecule has 0 amide bonds. The fourth-order valence-electron chi connectivity index (χ4n) is 2.38. The summed E-state index contributed by atoms with van der Waals surface area (Å²) in [4.78, 5) is 12.2. The first kappa shape index (κ1) is 12.3. The third kappa shape index (κ3) is 2.40. The number of fused-ring (bicyclic) bond motifs is 1. The Kier molecular flexibility index (Phi) is 2.89. The monoisotopic (exact) mass is 269 g/mol. The minimum absolute atomic E-state index is 0.0434. The molecule has 4 nitrogen and oxygen atoms in total. The predicted octanol–water partition coefficient (Wildman–Crippen LogP) is 2.33. The molecule has 1 unspecified atom stereocenters. The van der Waals surface area contributed by atoms with Crippen LogP contribution in [0.4, 0.5) is 8.78 Å². The Balaban J connectivity index is 1.81. The van der Waals surface area contributed by atoms with Crippen LogP contribution in [0.15, 0.2) is 18.2 Å². The van der Waals surface area contributed by atoms with Gasteiger partial charge in [-0.25, -0.2) is 0 Å². The lowest BCUT2D eigenvalue weighted by Crippen LogP contribution is -2.40. The van der Waals surface area contributed by atoms with E-state index in [1.807, 2.05) is 0 Å². The number of rotatable bonds is 2. The quantitative estimate of drug-likeness (QED) is 0.837. The summed E-state index contributed by atoms with van der Waals surface area (Å²) < 4.78 is 34.4. The van der Waals surface area contributed by atoms with Gasteiger partial charge in [-0.2, -0.15) is 0 Å². The maximum absolute atomic E-state index is 12.9. The van der Waals surface area contributed by atoms with E-state index < -0.39 is 6.29 Å². The summed E-state index contributed by atoms with van der Waals surface area (Å²) in [7, 11) is 0. The van der Waals surface area contributed by atoms with E-state index in [-0.39, 0.29) is 23.3 Å². The van der Waals surface area contributed by atoms with Crippen molar-refractivity contribution in [3.63, 3.8) is 0 Å². The summed E-state index contributed by atoms with van der Waals surface area (Å²) in [6, 6.07) is 3.90. The number of benzene rings is 1. The number of hydrogen-bond acceptors (Lipinski definition) is 4. The number of carbonyl (C=O) groups is 1. The minimum atomic E-state index is -3.65. The molecule has 2 heterocycles. The Labute approximate surface area is 108 Å². The second-order valence-electron chi connectivity index (χ2n) is 4.70. The predicted molar refractivity (Wildman–Crippen MR) is 62.6 cm³/mol. The highest BCUT2D eigenvalue weighted by Gasteiger charge is 2.43. The molecule has 1 aromatic rings. The largest absolute Gasteiger partial charge is 0.586 e. The molecule has 6 heteroatoms. The summed E-state index contributed by atoms with van der Waals surface area (Å²) in [5.74, 6) is -0.230. The van der Waals surface area contributed by atoms with Gasteiger partial charge in [0, 0.05) is 5.56 Å². The Bertz CT molecular complexity index is 513. The van der Waals surface area contributed by atoms with Gasteiger partial charge in [-0.05, 0) is 37.6 Å². The first-order valence-corrected chi connectivity index (χ1v) is 6.23. The van der Waals surface area contributed by atoms with Crippen molar-refractivity contribution in [2.24, 2.45) is 0 Å². The zero-order valence-electron chi connectivity index (χ0n) is 10.1. The molecule has 2 aliphatic heterocycles. The molecule has 3 rings (SSSR count). The molecular formula is C13H13F2NO3. The van der Waals surface area contributed by atoms with E-state index in [0.29, 0.717) is 5.56 Å². The topological polar surface area (TPSA) is 47.6 Å². The summed E-state index contributed by atoms with van der Waals surface area (Å²) in [6.45, 7) is 0.805. The second kappa shape index (κ2) is 4.45. The van der Waals surface area contributed by atoms with Gasteiger partial charge in [0.05, 0.1) is 6.04 Å². The van der Waals surface area contributed by atoms with Crippen molar-refractivity contribution >= 4 is 5.78 Å². The van der Waals surface area contributed by atoms with Gasteiger partial charge in [0.15, 0.2) is 17.3 Å². The number of halogens is 2. The number of Topliss-reactive ketones (excluding diaryl/α,β-unsaturated/α-hetero) is 1. The average Bonchev–Trinajstić information content (AvgIpc) is 2.71. The van der Waals surface area contributed by atoms with Crippen LogP contribution < -0.4 is 14.8 Å². The van der Waals surface area contributed by atoms with Gasteiger partial charge >= 0.3 is 6.29 Å². The zero-order valence-corrected chi connectivity index (χ0v) is 10.1. The number of alkyl halides is 2. The fourth-order valence-corrected chi connectivity index (χ4v) is 2.38. The third-order valence-electron chi connectivity index (χ3n) is 3.31. The third-order valence-corrected chi connectivity index (χ3v) is 3.31. The number of ketones is 1. The summed E-state index contributed by atoms with van der Waals surface area (Å²) in [6.07, 6.45) is -0.834. The van der Waals surface area contributed by atoms with Crippen LogP contribution >= 0.6 is 0 Å². The van der Waals surface area contributed by atoms with E-state index in [0.717, 1.165) is 25.8 Å². The molecule has 1 aromatic carbocycles. The standard InChI is InChI=1S/C13H13F2NO3/c14-13(15)18-10-5-4-8(7-11(10)19-13)12(17)9-3-1-2-6-16-9/h4-5,7,9,16H,1-3,6H2. The van der Waals surface area contributed by atoms with Crippen LogP contribution in [0.1, 0.15) is 29.6 Å². The number of hydrogen-bond donors (Lipinski definition) is 1. The van der Waals surface area contributed by atoms with Crippen molar-refractivity contribution in [1.82, 2.24) is 5.32 Å². The van der Waals surface area contributed by atoms with Crippen LogP contribution in [0.3, 0.4) is 0 Å². The van der Waals surface area contributed by atoms with Crippen molar-refractivity contribution in [2.75, 3.05) is 6.54 Å². The van der Waals surface area contributed by atoms with Crippen molar-refractivity contribution in [3.05, 3.63) is 23.8 Å². The number of nitrogens with one attached hydrogen (secondary N) is 1. The number of ether oxygens (including phenoxy) is 2. The van der Waals surface area contributed by atoms with E-state index in [9.17, 15) is 13.6 Å². The maximum atomic E-state index is 12.9. The van der Waals surface area contributed by atoms with Gasteiger partial charge in [0.25, 0.3) is 0 Å². The minimum Gasteiger partial charge on any atom is -0.395 e. The Morgan fingerprint density at radius 3 is 2.79 bits per heavy atom. The molecule has 102 valence electrons. The Hall–Kier alpha value is -1.69. The number of carbonyl (C=O) groups excluding carboxylic acids is 1. The van der Waals surface area contributed by atoms with Crippen molar-refractivity contribution < 1.29 is 23.0 Å². The van der Waals surface area contributed by atoms with Gasteiger partial charge in [-0.15, -0.1) is 8.78 Å². The molecule has 0 aromatic heterocycles. The summed E-state index contributed by atoms with van der Waals surface area (Å²) >= 11 is 0. The van der Waals surface area contributed by atoms with Gasteiger partial charge in [-0.3, -0.25) is 4.79 Å². The number of piperidine rings is 1. The highest BCUT2D eigenvalue weighted by molar-refractivity contribution is 6.00. The first-order chi connectivity index (χ1) is 9.05. The normalized spacial score (nSPS) is 24.2.